The Labute approximate surface area is 317 Å². The van der Waals surface area contributed by atoms with Gasteiger partial charge < -0.3 is 91.1 Å². The number of aliphatic hydroxyl groups is 9. The third-order valence-electron chi connectivity index (χ3n) is 9.31. The molecular weight excluding hydrogens is 742 g/mol. The summed E-state index contributed by atoms with van der Waals surface area (Å²) in [6, 6.07) is -2.41. The molecule has 0 bridgehead atoms. The smallest absolute Gasteiger partial charge is 0.364 e. The number of carbonyl (C=O) groups is 4. The fourth-order valence-electron chi connectivity index (χ4n) is 6.19. The van der Waals surface area contributed by atoms with Crippen LogP contribution in [0, 0.1) is 0 Å². The first-order chi connectivity index (χ1) is 25.8. The molecule has 15 atom stereocenters. The maximum Gasteiger partial charge on any atom is 0.364 e. The van der Waals surface area contributed by atoms with E-state index in [0.29, 0.717) is 25.8 Å². The third kappa shape index (κ3) is 14.0. The minimum atomic E-state index is -2.77. The summed E-state index contributed by atoms with van der Waals surface area (Å²) in [7, 11) is 0. The van der Waals surface area contributed by atoms with Gasteiger partial charge in [-0.05, 0) is 52.1 Å². The highest BCUT2D eigenvalue weighted by molar-refractivity contribution is 5.83. The highest BCUT2D eigenvalue weighted by atomic mass is 16.7. The third-order valence-corrected chi connectivity index (χ3v) is 9.31. The van der Waals surface area contributed by atoms with Crippen molar-refractivity contribution in [3.05, 3.63) is 0 Å². The molecule has 0 aromatic carbocycles. The molecule has 55 heavy (non-hydrogen) atoms. The van der Waals surface area contributed by atoms with Crippen molar-refractivity contribution in [2.24, 2.45) is 0 Å². The molecule has 0 radical (unpaired) electrons. The largest absolute Gasteiger partial charge is 0.480 e. The van der Waals surface area contributed by atoms with Crippen LogP contribution in [0.2, 0.25) is 0 Å². The second kappa shape index (κ2) is 22.9. The number of carboxylic acid groups (broad SMARTS) is 2. The average Bonchev–Trinajstić information content (AvgIpc) is 3.12. The van der Waals surface area contributed by atoms with Crippen LogP contribution in [-0.2, 0) is 38.1 Å². The number of hydrogen-bond acceptors (Lipinski definition) is 18. The fraction of sp³-hybridized carbons (Fsp3) is 0.879. The fourth-order valence-corrected chi connectivity index (χ4v) is 6.19. The number of ether oxygens (including phenoxy) is 4. The Balaban J connectivity index is 2.06. The first-order valence-electron chi connectivity index (χ1n) is 18.2. The molecule has 14 N–H and O–H groups in total. The van der Waals surface area contributed by atoms with E-state index in [0.717, 1.165) is 13.8 Å². The molecule has 2 rings (SSSR count). The van der Waals surface area contributed by atoms with E-state index in [-0.39, 0.29) is 31.7 Å². The molecule has 2 aliphatic heterocycles. The Bertz CT molecular complexity index is 1220. The maximum absolute atomic E-state index is 12.5. The van der Waals surface area contributed by atoms with E-state index >= 15 is 0 Å². The zero-order valence-electron chi connectivity index (χ0n) is 31.0. The van der Waals surface area contributed by atoms with Gasteiger partial charge in [-0.2, -0.15) is 0 Å². The normalized spacial score (nSPS) is 31.7. The van der Waals surface area contributed by atoms with Gasteiger partial charge in [0.15, 0.2) is 6.29 Å². The summed E-state index contributed by atoms with van der Waals surface area (Å²) in [5, 5.41) is 122. The average molecular weight is 802 g/mol. The molecule has 2 amide bonds. The van der Waals surface area contributed by atoms with E-state index in [1.165, 1.54) is 0 Å². The molecule has 0 aliphatic carbocycles. The quantitative estimate of drug-likeness (QED) is 0.0405. The van der Waals surface area contributed by atoms with Gasteiger partial charge in [-0.1, -0.05) is 6.92 Å². The van der Waals surface area contributed by atoms with Crippen LogP contribution in [0.1, 0.15) is 65.7 Å². The number of unbranched alkanes of at least 4 members (excludes halogenated alkanes) is 1. The number of rotatable bonds is 24. The van der Waals surface area contributed by atoms with Crippen LogP contribution in [0.25, 0.3) is 0 Å². The summed E-state index contributed by atoms with van der Waals surface area (Å²) >= 11 is 0. The molecular formula is C33H59N3O19. The van der Waals surface area contributed by atoms with Crippen LogP contribution in [-0.4, -0.2) is 198 Å². The van der Waals surface area contributed by atoms with E-state index < -0.39 is 129 Å². The second-order valence-electron chi connectivity index (χ2n) is 13.9. The SMILES string of the molecule is CCCC(=O)NC(CCCCNCCC(O)C(OC1OC(COC2(C(=O)O)CC(O)C(NC(C)=O)C(C(O)C(C)O)O2)C(O)C(O)C1O)C(O)CO)C(=O)O. The van der Waals surface area contributed by atoms with E-state index in [1.807, 2.05) is 0 Å². The van der Waals surface area contributed by atoms with Gasteiger partial charge in [0.2, 0.25) is 11.8 Å². The number of aliphatic carboxylic acids is 2. The number of amides is 2. The van der Waals surface area contributed by atoms with Gasteiger partial charge in [-0.25, -0.2) is 9.59 Å². The van der Waals surface area contributed by atoms with Crippen molar-refractivity contribution in [1.82, 2.24) is 16.0 Å². The van der Waals surface area contributed by atoms with E-state index in [9.17, 15) is 75.3 Å². The van der Waals surface area contributed by atoms with Crippen LogP contribution in [0.3, 0.4) is 0 Å². The topological polar surface area (TPSA) is 364 Å². The predicted molar refractivity (Wildman–Crippen MR) is 184 cm³/mol. The summed E-state index contributed by atoms with van der Waals surface area (Å²) in [5.74, 6) is -6.76. The van der Waals surface area contributed by atoms with Crippen molar-refractivity contribution < 1.29 is 94.3 Å². The zero-order chi connectivity index (χ0) is 41.6. The summed E-state index contributed by atoms with van der Waals surface area (Å²) in [4.78, 5) is 47.5. The Morgan fingerprint density at radius 1 is 0.927 bits per heavy atom. The van der Waals surface area contributed by atoms with Crippen LogP contribution in [0.5, 0.6) is 0 Å². The van der Waals surface area contributed by atoms with Gasteiger partial charge >= 0.3 is 11.9 Å². The summed E-state index contributed by atoms with van der Waals surface area (Å²) in [6.07, 6.45) is -20.3. The minimum absolute atomic E-state index is 0.0904. The van der Waals surface area contributed by atoms with Gasteiger partial charge in [-0.15, -0.1) is 0 Å². The van der Waals surface area contributed by atoms with E-state index in [2.05, 4.69) is 16.0 Å². The van der Waals surface area contributed by atoms with Gasteiger partial charge in [0, 0.05) is 19.8 Å². The Morgan fingerprint density at radius 2 is 1.60 bits per heavy atom. The van der Waals surface area contributed by atoms with Crippen LogP contribution < -0.4 is 16.0 Å². The van der Waals surface area contributed by atoms with E-state index in [4.69, 9.17) is 18.9 Å². The van der Waals surface area contributed by atoms with Gasteiger partial charge in [0.25, 0.3) is 5.79 Å². The lowest BCUT2D eigenvalue weighted by atomic mass is 9.88. The first-order valence-corrected chi connectivity index (χ1v) is 18.2. The lowest BCUT2D eigenvalue weighted by Gasteiger charge is -2.47. The Kier molecular flexibility index (Phi) is 20.2. The molecule has 15 unspecified atom stereocenters. The maximum atomic E-state index is 12.5. The molecule has 0 spiro atoms. The van der Waals surface area contributed by atoms with Crippen LogP contribution >= 0.6 is 0 Å². The monoisotopic (exact) mass is 801 g/mol. The molecule has 2 aliphatic rings. The second-order valence-corrected chi connectivity index (χ2v) is 13.9. The van der Waals surface area contributed by atoms with Gasteiger partial charge in [0.05, 0.1) is 37.6 Å². The standard InChI is InChI=1S/C33H59N3O19/c1-4-7-22(43)36-17(30(48)49)8-5-6-10-34-11-9-18(40)28(20(42)13-37)54-31-27(47)26(46)25(45)21(53-31)14-52-33(32(50)51)12-19(41)23(35-16(3)39)29(55-33)24(44)15(2)38/h15,17-21,23-29,31,34,37-38,40-42,44-47H,4-14H2,1-3H3,(H,35,39)(H,36,43)(H,48,49)(H,50,51). The Morgan fingerprint density at radius 3 is 2.16 bits per heavy atom. The molecule has 320 valence electrons. The molecule has 0 aromatic rings. The van der Waals surface area contributed by atoms with Crippen molar-refractivity contribution in [2.45, 2.75) is 157 Å². The zero-order valence-corrected chi connectivity index (χ0v) is 31.0. The van der Waals surface area contributed by atoms with Gasteiger partial charge in [-0.3, -0.25) is 9.59 Å². The number of carbonyl (C=O) groups excluding carboxylic acids is 2. The van der Waals surface area contributed by atoms with Crippen molar-refractivity contribution in [2.75, 3.05) is 26.3 Å². The van der Waals surface area contributed by atoms with Gasteiger partial charge in [0.1, 0.15) is 54.9 Å². The van der Waals surface area contributed by atoms with Crippen LogP contribution in [0.15, 0.2) is 0 Å². The molecule has 22 nitrogen and oxygen atoms in total. The summed E-state index contributed by atoms with van der Waals surface area (Å²) in [5.41, 5.74) is 0. The molecule has 22 heteroatoms. The molecule has 0 aromatic heterocycles. The van der Waals surface area contributed by atoms with E-state index in [1.54, 1.807) is 6.92 Å². The molecule has 2 heterocycles. The highest BCUT2D eigenvalue weighted by Crippen LogP contribution is 2.35. The predicted octanol–water partition coefficient (Wildman–Crippen LogP) is -5.39. The van der Waals surface area contributed by atoms with Crippen molar-refractivity contribution in [3.8, 4) is 0 Å². The number of aliphatic hydroxyl groups excluding tert-OH is 9. The molecule has 2 fully saturated rings. The number of carboxylic acids is 2. The molecule has 0 saturated carbocycles. The first kappa shape index (κ1) is 48.5. The minimum Gasteiger partial charge on any atom is -0.480 e. The summed E-state index contributed by atoms with van der Waals surface area (Å²) < 4.78 is 22.3. The number of hydrogen-bond donors (Lipinski definition) is 14. The van der Waals surface area contributed by atoms with Crippen LogP contribution in [0.4, 0.5) is 0 Å². The number of nitrogens with one attached hydrogen (secondary N) is 3. The van der Waals surface area contributed by atoms with Crippen molar-refractivity contribution >= 4 is 23.8 Å². The van der Waals surface area contributed by atoms with Crippen molar-refractivity contribution in [1.29, 1.82) is 0 Å². The highest BCUT2D eigenvalue weighted by Gasteiger charge is 2.56. The lowest BCUT2D eigenvalue weighted by Crippen LogP contribution is -2.68. The lowest BCUT2D eigenvalue weighted by molar-refractivity contribution is -0.347. The Hall–Kier alpha value is -2.68. The summed E-state index contributed by atoms with van der Waals surface area (Å²) in [6.45, 7) is 2.72. The van der Waals surface area contributed by atoms with Crippen molar-refractivity contribution in [3.63, 3.8) is 0 Å². The molecule has 2 saturated heterocycles.